The Hall–Kier alpha value is -2.78. The predicted molar refractivity (Wildman–Crippen MR) is 119 cm³/mol. The normalized spacial score (nSPS) is 15.5. The van der Waals surface area contributed by atoms with E-state index in [1.54, 1.807) is 4.90 Å². The van der Waals surface area contributed by atoms with Gasteiger partial charge in [0.2, 0.25) is 0 Å². The number of cyclic esters (lactones) is 1. The first-order chi connectivity index (χ1) is 14.1. The molecule has 3 aromatic carbocycles. The summed E-state index contributed by atoms with van der Waals surface area (Å²) in [5, 5.41) is 0.674. The van der Waals surface area contributed by atoms with E-state index in [2.05, 4.69) is 50.2 Å². The number of amides is 1. The Bertz CT molecular complexity index is 908. The zero-order valence-electron chi connectivity index (χ0n) is 16.8. The van der Waals surface area contributed by atoms with E-state index in [0.717, 1.165) is 16.7 Å². The standard InChI is InChI=1S/C22H18ClNO2.C3H8/c23-20-12-10-19(11-13-20)21-15-24(22(25)26-21)14-16-6-8-18(9-7-16)17-4-2-1-3-5-17;1-3-2/h1-13,21H,14-15H2;3H2,1-2H3. The zero-order valence-corrected chi connectivity index (χ0v) is 17.6. The van der Waals surface area contributed by atoms with E-state index < -0.39 is 0 Å². The number of benzene rings is 3. The lowest BCUT2D eigenvalue weighted by molar-refractivity contribution is 0.132. The van der Waals surface area contributed by atoms with Crippen LogP contribution in [0.5, 0.6) is 0 Å². The summed E-state index contributed by atoms with van der Waals surface area (Å²) in [6, 6.07) is 26.0. The third-order valence-electron chi connectivity index (χ3n) is 4.56. The van der Waals surface area contributed by atoms with Gasteiger partial charge in [0.1, 0.15) is 6.10 Å². The molecule has 0 bridgehead atoms. The molecule has 3 nitrogen and oxygen atoms in total. The van der Waals surface area contributed by atoms with Gasteiger partial charge in [0.25, 0.3) is 0 Å². The van der Waals surface area contributed by atoms with Crippen LogP contribution < -0.4 is 0 Å². The van der Waals surface area contributed by atoms with Crippen LogP contribution in [0, 0.1) is 0 Å². The molecule has 3 aromatic rings. The molecule has 4 heteroatoms. The van der Waals surface area contributed by atoms with Gasteiger partial charge in [0, 0.05) is 11.6 Å². The van der Waals surface area contributed by atoms with Crippen LogP contribution in [0.1, 0.15) is 37.5 Å². The Kier molecular flexibility index (Phi) is 7.31. The number of ether oxygens (including phenoxy) is 1. The van der Waals surface area contributed by atoms with E-state index in [4.69, 9.17) is 16.3 Å². The summed E-state index contributed by atoms with van der Waals surface area (Å²) in [5.41, 5.74) is 4.39. The molecule has 1 amide bonds. The average molecular weight is 408 g/mol. The van der Waals surface area contributed by atoms with Gasteiger partial charge in [-0.05, 0) is 34.4 Å². The fourth-order valence-corrected chi connectivity index (χ4v) is 3.27. The van der Waals surface area contributed by atoms with Crippen molar-refractivity contribution in [2.75, 3.05) is 6.54 Å². The van der Waals surface area contributed by atoms with Crippen molar-refractivity contribution >= 4 is 17.7 Å². The minimum atomic E-state index is -0.280. The van der Waals surface area contributed by atoms with Crippen LogP contribution in [0.4, 0.5) is 4.79 Å². The molecule has 1 unspecified atom stereocenters. The van der Waals surface area contributed by atoms with E-state index in [0.29, 0.717) is 18.1 Å². The molecule has 0 aromatic heterocycles. The van der Waals surface area contributed by atoms with E-state index in [9.17, 15) is 4.79 Å². The number of hydrogen-bond donors (Lipinski definition) is 0. The molecule has 0 N–H and O–H groups in total. The van der Waals surface area contributed by atoms with Gasteiger partial charge in [-0.25, -0.2) is 4.79 Å². The minimum absolute atomic E-state index is 0.247. The van der Waals surface area contributed by atoms with Crippen molar-refractivity contribution in [3.8, 4) is 11.1 Å². The molecule has 0 radical (unpaired) electrons. The van der Waals surface area contributed by atoms with Crippen molar-refractivity contribution in [3.05, 3.63) is 95.0 Å². The van der Waals surface area contributed by atoms with Crippen molar-refractivity contribution in [2.24, 2.45) is 0 Å². The quantitative estimate of drug-likeness (QED) is 0.460. The van der Waals surface area contributed by atoms with E-state index in [-0.39, 0.29) is 12.2 Å². The van der Waals surface area contributed by atoms with Crippen LogP contribution in [-0.4, -0.2) is 17.5 Å². The highest BCUT2D eigenvalue weighted by atomic mass is 35.5. The lowest BCUT2D eigenvalue weighted by Gasteiger charge is -2.13. The molecule has 1 heterocycles. The van der Waals surface area contributed by atoms with Crippen LogP contribution >= 0.6 is 11.6 Å². The SMILES string of the molecule is CCC.O=C1OC(c2ccc(Cl)cc2)CN1Cc1ccc(-c2ccccc2)cc1. The Morgan fingerprint density at radius 2 is 1.48 bits per heavy atom. The highest BCUT2D eigenvalue weighted by molar-refractivity contribution is 6.30. The maximum absolute atomic E-state index is 12.2. The molecule has 0 spiro atoms. The molecular weight excluding hydrogens is 382 g/mol. The molecular formula is C25H26ClNO2. The number of halogens is 1. The molecule has 1 atom stereocenters. The van der Waals surface area contributed by atoms with Gasteiger partial charge in [-0.3, -0.25) is 4.90 Å². The van der Waals surface area contributed by atoms with Gasteiger partial charge in [0.05, 0.1) is 6.54 Å². The molecule has 4 rings (SSSR count). The Morgan fingerprint density at radius 1 is 0.897 bits per heavy atom. The average Bonchev–Trinajstić information content (AvgIpc) is 3.10. The summed E-state index contributed by atoms with van der Waals surface area (Å²) in [4.78, 5) is 13.9. The van der Waals surface area contributed by atoms with Crippen molar-refractivity contribution in [1.82, 2.24) is 4.90 Å². The zero-order chi connectivity index (χ0) is 20.6. The maximum atomic E-state index is 12.2. The van der Waals surface area contributed by atoms with Crippen LogP contribution in [0.25, 0.3) is 11.1 Å². The largest absolute Gasteiger partial charge is 0.439 e. The third-order valence-corrected chi connectivity index (χ3v) is 4.82. The molecule has 1 saturated heterocycles. The molecule has 0 saturated carbocycles. The third kappa shape index (κ3) is 5.61. The second kappa shape index (κ2) is 10.1. The maximum Gasteiger partial charge on any atom is 0.410 e. The highest BCUT2D eigenvalue weighted by Gasteiger charge is 2.32. The number of hydrogen-bond acceptors (Lipinski definition) is 2. The first-order valence-corrected chi connectivity index (χ1v) is 10.3. The van der Waals surface area contributed by atoms with Gasteiger partial charge >= 0.3 is 6.09 Å². The van der Waals surface area contributed by atoms with Gasteiger partial charge in [0.15, 0.2) is 0 Å². The number of carbonyl (C=O) groups is 1. The summed E-state index contributed by atoms with van der Waals surface area (Å²) in [6.07, 6.45) is 0.723. The molecule has 1 aliphatic heterocycles. The highest BCUT2D eigenvalue weighted by Crippen LogP contribution is 2.28. The van der Waals surface area contributed by atoms with Crippen LogP contribution in [0.3, 0.4) is 0 Å². The lowest BCUT2D eigenvalue weighted by Crippen LogP contribution is -2.23. The van der Waals surface area contributed by atoms with Gasteiger partial charge in [-0.1, -0.05) is 98.6 Å². The van der Waals surface area contributed by atoms with Crippen molar-refractivity contribution < 1.29 is 9.53 Å². The Labute approximate surface area is 177 Å². The molecule has 150 valence electrons. The van der Waals surface area contributed by atoms with E-state index >= 15 is 0 Å². The molecule has 0 aliphatic carbocycles. The smallest absolute Gasteiger partial charge is 0.410 e. The number of carbonyl (C=O) groups excluding carboxylic acids is 1. The van der Waals surface area contributed by atoms with Gasteiger partial charge in [-0.15, -0.1) is 0 Å². The molecule has 1 aliphatic rings. The lowest BCUT2D eigenvalue weighted by atomic mass is 10.0. The summed E-state index contributed by atoms with van der Waals surface area (Å²) in [5.74, 6) is 0. The molecule has 29 heavy (non-hydrogen) atoms. The van der Waals surface area contributed by atoms with Crippen LogP contribution in [0.2, 0.25) is 5.02 Å². The first kappa shape index (κ1) is 20.9. The fourth-order valence-electron chi connectivity index (χ4n) is 3.14. The second-order valence-electron chi connectivity index (χ2n) is 7.07. The van der Waals surface area contributed by atoms with Crippen molar-refractivity contribution in [2.45, 2.75) is 32.9 Å². The second-order valence-corrected chi connectivity index (χ2v) is 7.51. The topological polar surface area (TPSA) is 29.5 Å². The minimum Gasteiger partial charge on any atom is -0.439 e. The summed E-state index contributed by atoms with van der Waals surface area (Å²) in [7, 11) is 0. The number of nitrogens with zero attached hydrogens (tertiary/aromatic N) is 1. The Morgan fingerprint density at radius 3 is 2.10 bits per heavy atom. The van der Waals surface area contributed by atoms with E-state index in [1.807, 2.05) is 42.5 Å². The van der Waals surface area contributed by atoms with Crippen molar-refractivity contribution in [3.63, 3.8) is 0 Å². The Balaban J connectivity index is 0.000000755. The van der Waals surface area contributed by atoms with Crippen molar-refractivity contribution in [1.29, 1.82) is 0 Å². The van der Waals surface area contributed by atoms with E-state index in [1.165, 1.54) is 12.0 Å². The summed E-state index contributed by atoms with van der Waals surface area (Å²) < 4.78 is 5.51. The summed E-state index contributed by atoms with van der Waals surface area (Å²) in [6.45, 7) is 5.33. The van der Waals surface area contributed by atoms with Crippen LogP contribution in [-0.2, 0) is 11.3 Å². The predicted octanol–water partition coefficient (Wildman–Crippen LogP) is 7.12. The van der Waals surface area contributed by atoms with Gasteiger partial charge in [-0.2, -0.15) is 0 Å². The molecule has 1 fully saturated rings. The van der Waals surface area contributed by atoms with Crippen LogP contribution in [0.15, 0.2) is 78.9 Å². The monoisotopic (exact) mass is 407 g/mol. The number of rotatable bonds is 4. The summed E-state index contributed by atoms with van der Waals surface area (Å²) >= 11 is 5.92. The first-order valence-electron chi connectivity index (χ1n) is 9.96. The fraction of sp³-hybridized carbons (Fsp3) is 0.240. The van der Waals surface area contributed by atoms with Gasteiger partial charge < -0.3 is 4.74 Å².